The number of benzene rings is 5. The number of methoxy groups -OCH3 is 1. The minimum absolute atomic E-state index is 0.00271. The maximum absolute atomic E-state index is 13.3. The van der Waals surface area contributed by atoms with Crippen LogP contribution in [0.25, 0.3) is 5.57 Å². The van der Waals surface area contributed by atoms with Crippen LogP contribution in [0.2, 0.25) is 0 Å². The van der Waals surface area contributed by atoms with Gasteiger partial charge in [0.15, 0.2) is 0 Å². The van der Waals surface area contributed by atoms with E-state index in [9.17, 15) is 4.79 Å². The monoisotopic (exact) mass is 592 g/mol. The Labute approximate surface area is 266 Å². The molecule has 0 saturated heterocycles. The van der Waals surface area contributed by atoms with Gasteiger partial charge in [0.05, 0.1) is 18.3 Å². The van der Waals surface area contributed by atoms with Gasteiger partial charge in [0.25, 0.3) is 0 Å². The molecule has 0 fully saturated rings. The van der Waals surface area contributed by atoms with Crippen LogP contribution in [0, 0.1) is 0 Å². The lowest BCUT2D eigenvalue weighted by Crippen LogP contribution is -2.53. The largest absolute Gasteiger partial charge is 0.496 e. The lowest BCUT2D eigenvalue weighted by Gasteiger charge is -2.41. The molecule has 5 aromatic carbocycles. The van der Waals surface area contributed by atoms with Crippen molar-refractivity contribution < 1.29 is 9.53 Å². The van der Waals surface area contributed by atoms with Crippen molar-refractivity contribution in [3.8, 4) is 5.75 Å². The van der Waals surface area contributed by atoms with E-state index in [2.05, 4.69) is 90.2 Å². The molecule has 0 aromatic heterocycles. The van der Waals surface area contributed by atoms with E-state index >= 15 is 0 Å². The molecule has 1 radical (unpaired) electrons. The summed E-state index contributed by atoms with van der Waals surface area (Å²) in [5.41, 5.74) is 6.89. The van der Waals surface area contributed by atoms with Crippen LogP contribution in [0.3, 0.4) is 0 Å². The van der Waals surface area contributed by atoms with Gasteiger partial charge in [0, 0.05) is 43.4 Å². The van der Waals surface area contributed by atoms with Gasteiger partial charge in [-0.2, -0.15) is 0 Å². The van der Waals surface area contributed by atoms with Gasteiger partial charge < -0.3 is 9.64 Å². The summed E-state index contributed by atoms with van der Waals surface area (Å²) in [6.45, 7) is 2.55. The van der Waals surface area contributed by atoms with Crippen molar-refractivity contribution in [3.05, 3.63) is 174 Å². The minimum atomic E-state index is -0.697. The first-order valence-corrected chi connectivity index (χ1v) is 15.4. The summed E-state index contributed by atoms with van der Waals surface area (Å²) < 4.78 is 5.66. The van der Waals surface area contributed by atoms with E-state index < -0.39 is 5.54 Å². The summed E-state index contributed by atoms with van der Waals surface area (Å²) in [7, 11) is 1.67. The molecule has 0 bridgehead atoms. The molecule has 45 heavy (non-hydrogen) atoms. The summed E-state index contributed by atoms with van der Waals surface area (Å²) >= 11 is 0. The highest BCUT2D eigenvalue weighted by Crippen LogP contribution is 2.39. The van der Waals surface area contributed by atoms with E-state index in [0.717, 1.165) is 44.8 Å². The number of carbonyl (C=O) groups is 1. The summed E-state index contributed by atoms with van der Waals surface area (Å²) in [5, 5.41) is 8.89. The number of fused-ring (bicyclic) bond motifs is 1. The summed E-state index contributed by atoms with van der Waals surface area (Å²) in [4.78, 5) is 15.2. The van der Waals surface area contributed by atoms with Crippen LogP contribution in [-0.4, -0.2) is 30.5 Å². The van der Waals surface area contributed by atoms with Gasteiger partial charge in [-0.3, -0.25) is 15.4 Å². The van der Waals surface area contributed by atoms with Crippen molar-refractivity contribution in [1.82, 2.24) is 15.5 Å². The molecule has 6 rings (SSSR count). The molecular formula is C40H38N3O2. The van der Waals surface area contributed by atoms with Gasteiger partial charge in [0.1, 0.15) is 5.75 Å². The molecule has 5 aromatic rings. The van der Waals surface area contributed by atoms with Crippen molar-refractivity contribution in [2.75, 3.05) is 13.7 Å². The summed E-state index contributed by atoms with van der Waals surface area (Å²) in [6.07, 6.45) is 2.65. The fourth-order valence-corrected chi connectivity index (χ4v) is 6.39. The number of amides is 1. The number of hydrogen-bond donors (Lipinski definition) is 1. The highest BCUT2D eigenvalue weighted by atomic mass is 16.5. The van der Waals surface area contributed by atoms with Crippen LogP contribution in [0.15, 0.2) is 146 Å². The molecular weight excluding hydrogens is 554 g/mol. The quantitative estimate of drug-likeness (QED) is 0.151. The predicted octanol–water partition coefficient (Wildman–Crippen LogP) is 7.67. The average molecular weight is 593 g/mol. The molecule has 1 unspecified atom stereocenters. The molecule has 1 aliphatic rings. The van der Waals surface area contributed by atoms with E-state index in [-0.39, 0.29) is 11.9 Å². The standard InChI is InChI=1S/C40H38N3O2/c1-30(44)43(28-31-16-12-15-25-39(31)45-2)29-36(26-32-27-41-38-24-14-13-23-37(32)38)42-40(33-17-6-3-7-18-33,34-19-8-4-9-20-34)35-21-10-5-11-22-35/h3-25,27,36,42H,26,28-29H2,1-2H3. The van der Waals surface area contributed by atoms with Crippen molar-refractivity contribution in [2.24, 2.45) is 0 Å². The third kappa shape index (κ3) is 6.40. The van der Waals surface area contributed by atoms with Gasteiger partial charge in [-0.1, -0.05) is 127 Å². The molecule has 1 amide bonds. The number of nitrogens with zero attached hydrogens (tertiary/aromatic N) is 2. The van der Waals surface area contributed by atoms with Gasteiger partial charge in [0.2, 0.25) is 5.91 Å². The first-order chi connectivity index (χ1) is 22.1. The predicted molar refractivity (Wildman–Crippen MR) is 181 cm³/mol. The van der Waals surface area contributed by atoms with Crippen LogP contribution >= 0.6 is 0 Å². The van der Waals surface area contributed by atoms with Crippen molar-refractivity contribution in [1.29, 1.82) is 0 Å². The number of carbonyl (C=O) groups excluding carboxylic acids is 1. The van der Waals surface area contributed by atoms with Gasteiger partial charge >= 0.3 is 0 Å². The van der Waals surface area contributed by atoms with Gasteiger partial charge in [-0.15, -0.1) is 0 Å². The second-order valence-corrected chi connectivity index (χ2v) is 11.4. The normalized spacial score (nSPS) is 12.9. The molecule has 0 aliphatic carbocycles. The Balaban J connectivity index is 1.47. The third-order valence-electron chi connectivity index (χ3n) is 8.56. The van der Waals surface area contributed by atoms with Crippen LogP contribution in [-0.2, 0) is 16.9 Å². The lowest BCUT2D eigenvalue weighted by atomic mass is 9.76. The lowest BCUT2D eigenvalue weighted by molar-refractivity contribution is -0.129. The Morgan fingerprint density at radius 2 is 1.29 bits per heavy atom. The molecule has 225 valence electrons. The summed E-state index contributed by atoms with van der Waals surface area (Å²) in [6, 6.07) is 47.8. The van der Waals surface area contributed by atoms with Crippen molar-refractivity contribution >= 4 is 17.2 Å². The van der Waals surface area contributed by atoms with E-state index in [1.54, 1.807) is 14.0 Å². The second-order valence-electron chi connectivity index (χ2n) is 11.4. The van der Waals surface area contributed by atoms with Crippen molar-refractivity contribution in [2.45, 2.75) is 31.5 Å². The first-order valence-electron chi connectivity index (χ1n) is 15.4. The first kappa shape index (κ1) is 29.9. The van der Waals surface area contributed by atoms with Crippen LogP contribution in [0.4, 0.5) is 5.69 Å². The van der Waals surface area contributed by atoms with Crippen LogP contribution in [0.5, 0.6) is 5.75 Å². The Morgan fingerprint density at radius 1 is 0.756 bits per heavy atom. The number of ether oxygens (including phenoxy) is 1. The number of para-hydroxylation sites is 2. The van der Waals surface area contributed by atoms with E-state index in [1.807, 2.05) is 65.7 Å². The highest BCUT2D eigenvalue weighted by molar-refractivity contribution is 5.79. The number of rotatable bonds is 12. The highest BCUT2D eigenvalue weighted by Gasteiger charge is 2.39. The minimum Gasteiger partial charge on any atom is -0.496 e. The fraction of sp³-hybridized carbons (Fsp3) is 0.175. The SMILES string of the molecule is COc1ccccc1CN(CC(CC1=C[N]c2ccccc21)NC(c1ccccc1)(c1ccccc1)c1ccccc1)C(C)=O. The fourth-order valence-electron chi connectivity index (χ4n) is 6.39. The second kappa shape index (κ2) is 13.7. The van der Waals surface area contributed by atoms with E-state index in [0.29, 0.717) is 19.5 Å². The van der Waals surface area contributed by atoms with Gasteiger partial charge in [-0.25, -0.2) is 0 Å². The molecule has 1 N–H and O–H groups in total. The zero-order valence-corrected chi connectivity index (χ0v) is 25.8. The molecule has 1 heterocycles. The van der Waals surface area contributed by atoms with Crippen molar-refractivity contribution in [3.63, 3.8) is 0 Å². The molecule has 0 saturated carbocycles. The van der Waals surface area contributed by atoms with Crippen LogP contribution < -0.4 is 15.4 Å². The third-order valence-corrected chi connectivity index (χ3v) is 8.56. The number of nitrogens with one attached hydrogen (secondary N) is 1. The van der Waals surface area contributed by atoms with E-state index in [4.69, 9.17) is 10.1 Å². The van der Waals surface area contributed by atoms with Gasteiger partial charge in [-0.05, 0) is 40.8 Å². The molecule has 0 spiro atoms. The Kier molecular flexibility index (Phi) is 9.09. The molecule has 5 nitrogen and oxygen atoms in total. The maximum Gasteiger partial charge on any atom is 0.219 e. The summed E-state index contributed by atoms with van der Waals surface area (Å²) in [5.74, 6) is 0.773. The Hall–Kier alpha value is -5.13. The smallest absolute Gasteiger partial charge is 0.219 e. The molecule has 1 aliphatic heterocycles. The molecule has 1 atom stereocenters. The molecule has 5 heteroatoms. The zero-order chi connectivity index (χ0) is 31.1. The zero-order valence-electron chi connectivity index (χ0n) is 25.8. The maximum atomic E-state index is 13.3. The van der Waals surface area contributed by atoms with Crippen LogP contribution in [0.1, 0.15) is 41.2 Å². The average Bonchev–Trinajstić information content (AvgIpc) is 3.50. The topological polar surface area (TPSA) is 55.7 Å². The number of hydrogen-bond acceptors (Lipinski definition) is 3. The van der Waals surface area contributed by atoms with E-state index in [1.165, 1.54) is 0 Å². The Bertz CT molecular complexity index is 1660. The Morgan fingerprint density at radius 3 is 1.87 bits per heavy atom.